The van der Waals surface area contributed by atoms with Gasteiger partial charge in [0.25, 0.3) is 10.0 Å². The van der Waals surface area contributed by atoms with Gasteiger partial charge in [0.1, 0.15) is 12.6 Å². The number of sulfonamides is 1. The molecule has 0 spiro atoms. The molecular formula is C28H33N3O4S. The molecule has 3 aromatic rings. The SMILES string of the molecule is CCNC(=O)[C@@H](C)N(Cc1ccccc1)C(=O)CN(c1ccc(C)c(C)c1)S(=O)(=O)c1ccccc1. The molecule has 0 saturated heterocycles. The predicted octanol–water partition coefficient (Wildman–Crippen LogP) is 4.05. The zero-order valence-corrected chi connectivity index (χ0v) is 22.0. The lowest BCUT2D eigenvalue weighted by molar-refractivity contribution is -0.139. The Bertz CT molecular complexity index is 1290. The molecule has 2 amide bonds. The molecule has 0 radical (unpaired) electrons. The minimum Gasteiger partial charge on any atom is -0.355 e. The van der Waals surface area contributed by atoms with Crippen molar-refractivity contribution in [3.8, 4) is 0 Å². The lowest BCUT2D eigenvalue weighted by atomic mass is 10.1. The minimum absolute atomic E-state index is 0.0856. The molecule has 8 heteroatoms. The topological polar surface area (TPSA) is 86.8 Å². The number of nitrogens with zero attached hydrogens (tertiary/aromatic N) is 2. The standard InChI is InChI=1S/C28H33N3O4S/c1-5-29-28(33)23(4)30(19-24-12-8-6-9-13-24)27(32)20-31(25-17-16-21(2)22(3)18-25)36(34,35)26-14-10-7-11-15-26/h6-18,23H,5,19-20H2,1-4H3,(H,29,33)/t23-/m1/s1. The molecule has 7 nitrogen and oxygen atoms in total. The van der Waals surface area contributed by atoms with Gasteiger partial charge in [-0.05, 0) is 68.7 Å². The number of anilines is 1. The van der Waals surface area contributed by atoms with Gasteiger partial charge in [0.2, 0.25) is 11.8 Å². The van der Waals surface area contributed by atoms with Crippen molar-refractivity contribution < 1.29 is 18.0 Å². The highest BCUT2D eigenvalue weighted by Crippen LogP contribution is 2.26. The fourth-order valence-electron chi connectivity index (χ4n) is 3.81. The van der Waals surface area contributed by atoms with Crippen LogP contribution in [-0.4, -0.2) is 44.3 Å². The number of carbonyl (C=O) groups is 2. The van der Waals surface area contributed by atoms with Crippen molar-refractivity contribution in [3.05, 3.63) is 95.6 Å². The molecule has 0 bridgehead atoms. The van der Waals surface area contributed by atoms with Crippen molar-refractivity contribution in [2.75, 3.05) is 17.4 Å². The Kier molecular flexibility index (Phi) is 8.88. The lowest BCUT2D eigenvalue weighted by Gasteiger charge is -2.32. The number of carbonyl (C=O) groups excluding carboxylic acids is 2. The van der Waals surface area contributed by atoms with Crippen molar-refractivity contribution >= 4 is 27.5 Å². The molecule has 3 rings (SSSR count). The summed E-state index contributed by atoms with van der Waals surface area (Å²) in [5.74, 6) is -0.777. The molecule has 0 unspecified atom stereocenters. The Labute approximate surface area is 213 Å². The fraction of sp³-hybridized carbons (Fsp3) is 0.286. The second-order valence-corrected chi connectivity index (χ2v) is 10.5. The van der Waals surface area contributed by atoms with Crippen LogP contribution < -0.4 is 9.62 Å². The largest absolute Gasteiger partial charge is 0.355 e. The minimum atomic E-state index is -4.06. The van der Waals surface area contributed by atoms with E-state index in [1.165, 1.54) is 17.0 Å². The quantitative estimate of drug-likeness (QED) is 0.449. The van der Waals surface area contributed by atoms with Gasteiger partial charge in [-0.15, -0.1) is 0 Å². The first-order chi connectivity index (χ1) is 17.1. The van der Waals surface area contributed by atoms with E-state index in [1.807, 2.05) is 57.2 Å². The third-order valence-corrected chi connectivity index (χ3v) is 7.89. The van der Waals surface area contributed by atoms with E-state index in [4.69, 9.17) is 0 Å². The smallest absolute Gasteiger partial charge is 0.264 e. The Morgan fingerprint density at radius 3 is 2.08 bits per heavy atom. The molecule has 3 aromatic carbocycles. The van der Waals surface area contributed by atoms with E-state index in [2.05, 4.69) is 5.32 Å². The number of aryl methyl sites for hydroxylation is 2. The summed E-state index contributed by atoms with van der Waals surface area (Å²) in [5.41, 5.74) is 3.15. The van der Waals surface area contributed by atoms with Gasteiger partial charge in [-0.2, -0.15) is 0 Å². The maximum absolute atomic E-state index is 13.8. The molecule has 1 atom stereocenters. The van der Waals surface area contributed by atoms with Crippen molar-refractivity contribution in [1.29, 1.82) is 0 Å². The van der Waals surface area contributed by atoms with Gasteiger partial charge in [0, 0.05) is 13.1 Å². The number of amides is 2. The van der Waals surface area contributed by atoms with Crippen LogP contribution in [0.2, 0.25) is 0 Å². The molecule has 0 aliphatic rings. The van der Waals surface area contributed by atoms with E-state index >= 15 is 0 Å². The number of benzene rings is 3. The first-order valence-corrected chi connectivity index (χ1v) is 13.3. The first kappa shape index (κ1) is 26.9. The highest BCUT2D eigenvalue weighted by molar-refractivity contribution is 7.92. The summed E-state index contributed by atoms with van der Waals surface area (Å²) in [7, 11) is -4.06. The molecule has 0 fully saturated rings. The highest BCUT2D eigenvalue weighted by atomic mass is 32.2. The van der Waals surface area contributed by atoms with Crippen LogP contribution in [0.3, 0.4) is 0 Å². The van der Waals surface area contributed by atoms with Crippen LogP contribution in [0.1, 0.15) is 30.5 Å². The van der Waals surface area contributed by atoms with Crippen molar-refractivity contribution in [2.24, 2.45) is 0 Å². The zero-order chi connectivity index (χ0) is 26.3. The van der Waals surface area contributed by atoms with E-state index in [0.717, 1.165) is 21.0 Å². The van der Waals surface area contributed by atoms with Crippen LogP contribution in [0.5, 0.6) is 0 Å². The highest BCUT2D eigenvalue weighted by Gasteiger charge is 2.32. The van der Waals surface area contributed by atoms with E-state index < -0.39 is 28.5 Å². The molecule has 0 saturated carbocycles. The molecular weight excluding hydrogens is 474 g/mol. The summed E-state index contributed by atoms with van der Waals surface area (Å²) < 4.78 is 28.6. The Hall–Kier alpha value is -3.65. The number of rotatable bonds is 10. The van der Waals surface area contributed by atoms with Gasteiger partial charge in [-0.3, -0.25) is 13.9 Å². The average Bonchev–Trinajstić information content (AvgIpc) is 2.88. The first-order valence-electron chi connectivity index (χ1n) is 11.9. The van der Waals surface area contributed by atoms with Gasteiger partial charge in [0.05, 0.1) is 10.6 Å². The predicted molar refractivity (Wildman–Crippen MR) is 142 cm³/mol. The lowest BCUT2D eigenvalue weighted by Crippen LogP contribution is -2.51. The van der Waals surface area contributed by atoms with Crippen molar-refractivity contribution in [1.82, 2.24) is 10.2 Å². The van der Waals surface area contributed by atoms with Crippen LogP contribution in [0.4, 0.5) is 5.69 Å². The molecule has 190 valence electrons. The van der Waals surface area contributed by atoms with E-state index in [9.17, 15) is 18.0 Å². The fourth-order valence-corrected chi connectivity index (χ4v) is 5.24. The molecule has 36 heavy (non-hydrogen) atoms. The van der Waals surface area contributed by atoms with E-state index in [-0.39, 0.29) is 17.3 Å². The maximum atomic E-state index is 13.8. The summed E-state index contributed by atoms with van der Waals surface area (Å²) in [6.07, 6.45) is 0. The Morgan fingerprint density at radius 2 is 1.50 bits per heavy atom. The van der Waals surface area contributed by atoms with Gasteiger partial charge >= 0.3 is 0 Å². The number of nitrogens with one attached hydrogen (secondary N) is 1. The molecule has 1 N–H and O–H groups in total. The average molecular weight is 508 g/mol. The van der Waals surface area contributed by atoms with Crippen LogP contribution in [0.25, 0.3) is 0 Å². The monoisotopic (exact) mass is 507 g/mol. The van der Waals surface area contributed by atoms with Crippen LogP contribution in [0, 0.1) is 13.8 Å². The van der Waals surface area contributed by atoms with Gasteiger partial charge in [0.15, 0.2) is 0 Å². The second-order valence-electron chi connectivity index (χ2n) is 8.67. The van der Waals surface area contributed by atoms with Crippen LogP contribution >= 0.6 is 0 Å². The number of hydrogen-bond donors (Lipinski definition) is 1. The van der Waals surface area contributed by atoms with E-state index in [0.29, 0.717) is 12.2 Å². The molecule has 0 heterocycles. The zero-order valence-electron chi connectivity index (χ0n) is 21.1. The Morgan fingerprint density at radius 1 is 0.889 bits per heavy atom. The third kappa shape index (κ3) is 6.31. The summed E-state index contributed by atoms with van der Waals surface area (Å²) in [6, 6.07) is 21.9. The summed E-state index contributed by atoms with van der Waals surface area (Å²) >= 11 is 0. The van der Waals surface area contributed by atoms with Crippen LogP contribution in [0.15, 0.2) is 83.8 Å². The molecule has 0 aliphatic heterocycles. The number of hydrogen-bond acceptors (Lipinski definition) is 4. The van der Waals surface area contributed by atoms with Crippen molar-refractivity contribution in [2.45, 2.75) is 45.2 Å². The second kappa shape index (κ2) is 11.9. The van der Waals surface area contributed by atoms with Gasteiger partial charge in [-0.25, -0.2) is 8.42 Å². The summed E-state index contributed by atoms with van der Waals surface area (Å²) in [4.78, 5) is 28.0. The normalized spacial score (nSPS) is 12.0. The summed E-state index contributed by atoms with van der Waals surface area (Å²) in [5, 5.41) is 2.76. The van der Waals surface area contributed by atoms with Gasteiger partial charge < -0.3 is 10.2 Å². The number of likely N-dealkylation sites (N-methyl/N-ethyl adjacent to an activating group) is 1. The van der Waals surface area contributed by atoms with Crippen LogP contribution in [-0.2, 0) is 26.2 Å². The third-order valence-electron chi connectivity index (χ3n) is 6.10. The molecule has 0 aromatic heterocycles. The Balaban J connectivity index is 2.03. The molecule has 0 aliphatic carbocycles. The maximum Gasteiger partial charge on any atom is 0.264 e. The van der Waals surface area contributed by atoms with E-state index in [1.54, 1.807) is 37.3 Å². The van der Waals surface area contributed by atoms with Crippen molar-refractivity contribution in [3.63, 3.8) is 0 Å². The summed E-state index contributed by atoms with van der Waals surface area (Å²) in [6.45, 7) is 7.44. The van der Waals surface area contributed by atoms with Gasteiger partial charge in [-0.1, -0.05) is 54.6 Å².